The second-order valence-corrected chi connectivity index (χ2v) is 8.15. The van der Waals surface area contributed by atoms with Crippen molar-refractivity contribution in [3.8, 4) is 0 Å². The average molecular weight is 407 g/mol. The number of hydrogen-bond donors (Lipinski definition) is 0. The number of hydrogen-bond acceptors (Lipinski definition) is 5. The summed E-state index contributed by atoms with van der Waals surface area (Å²) in [5, 5.41) is 6.79. The van der Waals surface area contributed by atoms with Crippen molar-refractivity contribution in [1.29, 1.82) is 0 Å². The summed E-state index contributed by atoms with van der Waals surface area (Å²) < 4.78 is 7.34. The van der Waals surface area contributed by atoms with Gasteiger partial charge in [0.1, 0.15) is 0 Å². The van der Waals surface area contributed by atoms with E-state index in [9.17, 15) is 0 Å². The molecular formula is C23H26N4OS. The van der Waals surface area contributed by atoms with Crippen LogP contribution in [0.5, 0.6) is 0 Å². The average Bonchev–Trinajstić information content (AvgIpc) is 3.09. The minimum atomic E-state index is 0.796. The zero-order valence-electron chi connectivity index (χ0n) is 17.1. The molecule has 0 aliphatic carbocycles. The van der Waals surface area contributed by atoms with E-state index in [-0.39, 0.29) is 0 Å². The van der Waals surface area contributed by atoms with Crippen molar-refractivity contribution in [2.75, 3.05) is 31.2 Å². The Morgan fingerprint density at radius 3 is 2.52 bits per heavy atom. The molecule has 29 heavy (non-hydrogen) atoms. The summed E-state index contributed by atoms with van der Waals surface area (Å²) >= 11 is 1.61. The Morgan fingerprint density at radius 1 is 1.00 bits per heavy atom. The number of nitrogens with zero attached hydrogens (tertiary/aromatic N) is 4. The summed E-state index contributed by atoms with van der Waals surface area (Å²) in [6, 6.07) is 14.9. The Labute approximate surface area is 175 Å². The molecule has 0 spiro atoms. The van der Waals surface area contributed by atoms with Crippen molar-refractivity contribution >= 4 is 28.9 Å². The Balaban J connectivity index is 1.58. The van der Waals surface area contributed by atoms with Crippen molar-refractivity contribution in [2.45, 2.75) is 20.8 Å². The highest BCUT2D eigenvalue weighted by Crippen LogP contribution is 2.19. The SMILES string of the molecule is Cc1ccc(C)c(N=c2scc(C)n2N=Cc2ccc(N3CCOCC3)cc2)c1. The van der Waals surface area contributed by atoms with Crippen LogP contribution in [0.25, 0.3) is 0 Å². The number of thiazole rings is 1. The van der Waals surface area contributed by atoms with Gasteiger partial charge in [0.2, 0.25) is 4.80 Å². The van der Waals surface area contributed by atoms with Gasteiger partial charge in [-0.2, -0.15) is 5.10 Å². The highest BCUT2D eigenvalue weighted by Gasteiger charge is 2.10. The topological polar surface area (TPSA) is 42.1 Å². The monoisotopic (exact) mass is 406 g/mol. The van der Waals surface area contributed by atoms with Crippen molar-refractivity contribution in [1.82, 2.24) is 4.68 Å². The van der Waals surface area contributed by atoms with Crippen LogP contribution in [0, 0.1) is 20.8 Å². The van der Waals surface area contributed by atoms with Gasteiger partial charge in [0.05, 0.1) is 30.8 Å². The van der Waals surface area contributed by atoms with Crippen LogP contribution in [0.2, 0.25) is 0 Å². The smallest absolute Gasteiger partial charge is 0.211 e. The van der Waals surface area contributed by atoms with E-state index in [1.54, 1.807) is 11.3 Å². The first-order valence-electron chi connectivity index (χ1n) is 9.86. The second kappa shape index (κ2) is 8.76. The molecule has 3 aromatic rings. The molecule has 0 bridgehead atoms. The first-order chi connectivity index (χ1) is 14.1. The molecule has 0 amide bonds. The van der Waals surface area contributed by atoms with Gasteiger partial charge in [-0.1, -0.05) is 24.3 Å². The number of ether oxygens (including phenoxy) is 1. The maximum Gasteiger partial charge on any atom is 0.211 e. The Hall–Kier alpha value is -2.70. The summed E-state index contributed by atoms with van der Waals surface area (Å²) in [6.45, 7) is 9.71. The van der Waals surface area contributed by atoms with E-state index in [0.717, 1.165) is 53.6 Å². The molecule has 0 unspecified atom stereocenters. The van der Waals surface area contributed by atoms with Crippen LogP contribution in [-0.2, 0) is 4.74 Å². The fraction of sp³-hybridized carbons (Fsp3) is 0.304. The maximum absolute atomic E-state index is 5.43. The van der Waals surface area contributed by atoms with Gasteiger partial charge in [-0.05, 0) is 55.7 Å². The van der Waals surface area contributed by atoms with Crippen LogP contribution >= 0.6 is 11.3 Å². The molecule has 0 atom stereocenters. The van der Waals surface area contributed by atoms with Crippen LogP contribution in [0.3, 0.4) is 0 Å². The maximum atomic E-state index is 5.43. The van der Waals surface area contributed by atoms with Gasteiger partial charge in [0.25, 0.3) is 0 Å². The van der Waals surface area contributed by atoms with Crippen LogP contribution < -0.4 is 9.70 Å². The Bertz CT molecular complexity index is 1070. The third-order valence-electron chi connectivity index (χ3n) is 5.02. The molecule has 4 rings (SSSR count). The third kappa shape index (κ3) is 4.66. The quantitative estimate of drug-likeness (QED) is 0.602. The van der Waals surface area contributed by atoms with E-state index in [0.29, 0.717) is 0 Å². The lowest BCUT2D eigenvalue weighted by molar-refractivity contribution is 0.122. The minimum absolute atomic E-state index is 0.796. The Morgan fingerprint density at radius 2 is 1.76 bits per heavy atom. The van der Waals surface area contributed by atoms with Gasteiger partial charge < -0.3 is 9.64 Å². The zero-order chi connectivity index (χ0) is 20.2. The summed E-state index contributed by atoms with van der Waals surface area (Å²) in [4.78, 5) is 8.08. The largest absolute Gasteiger partial charge is 0.378 e. The minimum Gasteiger partial charge on any atom is -0.378 e. The first-order valence-corrected chi connectivity index (χ1v) is 10.7. The molecule has 1 saturated heterocycles. The van der Waals surface area contributed by atoms with E-state index in [1.165, 1.54) is 11.3 Å². The first kappa shape index (κ1) is 19.6. The van der Waals surface area contributed by atoms with E-state index in [1.807, 2.05) is 10.9 Å². The van der Waals surface area contributed by atoms with Crippen LogP contribution in [-0.4, -0.2) is 37.2 Å². The van der Waals surface area contributed by atoms with Gasteiger partial charge in [-0.3, -0.25) is 0 Å². The van der Waals surface area contributed by atoms with Crippen LogP contribution in [0.1, 0.15) is 22.4 Å². The standard InChI is InChI=1S/C23H26N4OS/c1-17-4-5-18(2)22(14-17)25-23-27(19(3)16-29-23)24-15-20-6-8-21(9-7-20)26-10-12-28-13-11-26/h4-9,14-16H,10-13H2,1-3H3. The highest BCUT2D eigenvalue weighted by molar-refractivity contribution is 7.07. The van der Waals surface area contributed by atoms with E-state index in [4.69, 9.17) is 14.8 Å². The lowest BCUT2D eigenvalue weighted by Crippen LogP contribution is -2.36. The van der Waals surface area contributed by atoms with Crippen molar-refractivity contribution in [3.63, 3.8) is 0 Å². The van der Waals surface area contributed by atoms with Gasteiger partial charge >= 0.3 is 0 Å². The molecule has 1 aliphatic heterocycles. The molecule has 1 fully saturated rings. The Kier molecular flexibility index (Phi) is 5.92. The number of morpholine rings is 1. The molecular weight excluding hydrogens is 380 g/mol. The molecule has 1 aliphatic rings. The summed E-state index contributed by atoms with van der Waals surface area (Å²) in [5.74, 6) is 0. The van der Waals surface area contributed by atoms with Crippen LogP contribution in [0.15, 0.2) is 57.9 Å². The molecule has 2 aromatic carbocycles. The summed E-state index contributed by atoms with van der Waals surface area (Å²) in [5.41, 5.74) is 6.73. The molecule has 0 saturated carbocycles. The highest BCUT2D eigenvalue weighted by atomic mass is 32.1. The van der Waals surface area contributed by atoms with E-state index in [2.05, 4.69) is 73.5 Å². The van der Waals surface area contributed by atoms with Crippen molar-refractivity contribution in [3.05, 3.63) is 75.0 Å². The predicted molar refractivity (Wildman–Crippen MR) is 121 cm³/mol. The lowest BCUT2D eigenvalue weighted by atomic mass is 10.1. The third-order valence-corrected chi connectivity index (χ3v) is 5.96. The number of aryl methyl sites for hydroxylation is 3. The summed E-state index contributed by atoms with van der Waals surface area (Å²) in [7, 11) is 0. The number of aromatic nitrogens is 1. The molecule has 2 heterocycles. The normalized spacial score (nSPS) is 15.4. The van der Waals surface area contributed by atoms with Gasteiger partial charge in [0.15, 0.2) is 0 Å². The molecule has 6 heteroatoms. The molecule has 5 nitrogen and oxygen atoms in total. The fourth-order valence-electron chi connectivity index (χ4n) is 3.26. The number of anilines is 1. The number of rotatable bonds is 4. The molecule has 1 aromatic heterocycles. The number of benzene rings is 2. The van der Waals surface area contributed by atoms with E-state index < -0.39 is 0 Å². The van der Waals surface area contributed by atoms with E-state index >= 15 is 0 Å². The molecule has 0 N–H and O–H groups in total. The lowest BCUT2D eigenvalue weighted by Gasteiger charge is -2.28. The second-order valence-electron chi connectivity index (χ2n) is 7.31. The van der Waals surface area contributed by atoms with Crippen molar-refractivity contribution < 1.29 is 4.74 Å². The zero-order valence-corrected chi connectivity index (χ0v) is 17.9. The van der Waals surface area contributed by atoms with Gasteiger partial charge in [-0.15, -0.1) is 11.3 Å². The predicted octanol–water partition coefficient (Wildman–Crippen LogP) is 4.43. The molecule has 150 valence electrons. The van der Waals surface area contributed by atoms with Gasteiger partial charge in [-0.25, -0.2) is 9.67 Å². The van der Waals surface area contributed by atoms with Crippen LogP contribution in [0.4, 0.5) is 11.4 Å². The molecule has 0 radical (unpaired) electrons. The summed E-state index contributed by atoms with van der Waals surface area (Å²) in [6.07, 6.45) is 1.89. The van der Waals surface area contributed by atoms with Gasteiger partial charge in [0, 0.05) is 24.2 Å². The fourth-order valence-corrected chi connectivity index (χ4v) is 4.08. The van der Waals surface area contributed by atoms with Crippen molar-refractivity contribution in [2.24, 2.45) is 10.1 Å².